The molecule has 0 radical (unpaired) electrons. The molecule has 25 heavy (non-hydrogen) atoms. The molecule has 1 aliphatic rings. The molecule has 0 amide bonds. The second-order valence-electron chi connectivity index (χ2n) is 6.83. The molecule has 6 heteroatoms. The summed E-state index contributed by atoms with van der Waals surface area (Å²) in [6.07, 6.45) is 2.50. The molecule has 4 rings (SSSR count). The van der Waals surface area contributed by atoms with Crippen LogP contribution in [0.3, 0.4) is 0 Å². The van der Waals surface area contributed by atoms with Crippen LogP contribution < -0.4 is 0 Å². The molecule has 1 aromatic carbocycles. The average molecular weight is 371 g/mol. The van der Waals surface area contributed by atoms with Gasteiger partial charge < -0.3 is 4.57 Å². The molecule has 2 aromatic heterocycles. The van der Waals surface area contributed by atoms with Gasteiger partial charge in [0.1, 0.15) is 10.8 Å². The molecule has 130 valence electrons. The minimum absolute atomic E-state index is 0.395. The van der Waals surface area contributed by atoms with Crippen LogP contribution in [0.5, 0.6) is 0 Å². The van der Waals surface area contributed by atoms with Gasteiger partial charge >= 0.3 is 0 Å². The monoisotopic (exact) mass is 370 g/mol. The quantitative estimate of drug-likeness (QED) is 0.540. The van der Waals surface area contributed by atoms with Gasteiger partial charge in [0.05, 0.1) is 5.69 Å². The predicted molar refractivity (Wildman–Crippen MR) is 104 cm³/mol. The van der Waals surface area contributed by atoms with Crippen molar-refractivity contribution in [2.75, 3.05) is 0 Å². The van der Waals surface area contributed by atoms with E-state index in [1.807, 2.05) is 0 Å². The molecule has 0 bridgehead atoms. The van der Waals surface area contributed by atoms with Crippen LogP contribution in [-0.2, 0) is 5.75 Å². The number of hydrogen-bond donors (Lipinski definition) is 0. The molecule has 1 aliphatic carbocycles. The summed E-state index contributed by atoms with van der Waals surface area (Å²) in [7, 11) is 0. The lowest BCUT2D eigenvalue weighted by molar-refractivity contribution is 0.526. The lowest BCUT2D eigenvalue weighted by Crippen LogP contribution is -2.07. The molecular weight excluding hydrogens is 348 g/mol. The van der Waals surface area contributed by atoms with Gasteiger partial charge in [0, 0.05) is 28.7 Å². The lowest BCUT2D eigenvalue weighted by Gasteiger charge is -2.12. The summed E-state index contributed by atoms with van der Waals surface area (Å²) >= 11 is 3.46. The van der Waals surface area contributed by atoms with Crippen molar-refractivity contribution in [3.8, 4) is 10.6 Å². The number of thioether (sulfide) groups is 1. The van der Waals surface area contributed by atoms with E-state index in [1.165, 1.54) is 24.0 Å². The largest absolute Gasteiger partial charge is 0.303 e. The van der Waals surface area contributed by atoms with Gasteiger partial charge in [-0.15, -0.1) is 21.5 Å². The summed E-state index contributed by atoms with van der Waals surface area (Å²) in [6, 6.07) is 8.81. The number of nitrogens with zero attached hydrogens (tertiary/aromatic N) is 4. The van der Waals surface area contributed by atoms with E-state index in [9.17, 15) is 0 Å². The maximum atomic E-state index is 4.83. The molecule has 0 aliphatic heterocycles. The van der Waals surface area contributed by atoms with Crippen molar-refractivity contribution < 1.29 is 0 Å². The van der Waals surface area contributed by atoms with E-state index < -0.39 is 0 Å². The normalized spacial score (nSPS) is 14.4. The molecule has 0 atom stereocenters. The molecule has 0 N–H and O–H groups in total. The maximum absolute atomic E-state index is 4.83. The van der Waals surface area contributed by atoms with Crippen LogP contribution in [0.2, 0.25) is 0 Å². The molecule has 0 unspecified atom stereocenters. The fourth-order valence-corrected chi connectivity index (χ4v) is 4.92. The number of hydrogen-bond acceptors (Lipinski definition) is 5. The first-order chi connectivity index (χ1) is 12.1. The predicted octanol–water partition coefficient (Wildman–Crippen LogP) is 5.46. The maximum Gasteiger partial charge on any atom is 0.191 e. The molecule has 1 saturated carbocycles. The summed E-state index contributed by atoms with van der Waals surface area (Å²) in [4.78, 5) is 4.83. The van der Waals surface area contributed by atoms with E-state index >= 15 is 0 Å². The van der Waals surface area contributed by atoms with Gasteiger partial charge in [0.15, 0.2) is 5.16 Å². The molecule has 0 spiro atoms. The topological polar surface area (TPSA) is 43.6 Å². The van der Waals surface area contributed by atoms with Crippen LogP contribution in [-0.4, -0.2) is 19.7 Å². The third-order valence-electron chi connectivity index (χ3n) is 4.43. The fraction of sp³-hybridized carbons (Fsp3) is 0.421. The summed E-state index contributed by atoms with van der Waals surface area (Å²) in [5.74, 6) is 2.62. The number of thiazole rings is 1. The summed E-state index contributed by atoms with van der Waals surface area (Å²) in [5.41, 5.74) is 3.61. The molecule has 1 fully saturated rings. The standard InChI is InChI=1S/C19H22N4S2/c1-12(2)23-17(14-8-9-14)21-22-19(23)25-11-15-10-24-18(20-15)16-7-5-4-6-13(16)3/h4-7,10,12,14H,8-9,11H2,1-3H3. The minimum Gasteiger partial charge on any atom is -0.303 e. The highest BCUT2D eigenvalue weighted by atomic mass is 32.2. The Morgan fingerprint density at radius 2 is 2.04 bits per heavy atom. The number of rotatable bonds is 6. The van der Waals surface area contributed by atoms with Crippen molar-refractivity contribution in [2.45, 2.75) is 56.5 Å². The summed E-state index contributed by atoms with van der Waals surface area (Å²) < 4.78 is 2.30. The van der Waals surface area contributed by atoms with Crippen LogP contribution in [0.15, 0.2) is 34.8 Å². The molecule has 3 aromatic rings. The average Bonchev–Trinajstić information content (AvgIpc) is 3.18. The van der Waals surface area contributed by atoms with Gasteiger partial charge in [0.25, 0.3) is 0 Å². The Morgan fingerprint density at radius 1 is 1.24 bits per heavy atom. The zero-order chi connectivity index (χ0) is 17.4. The van der Waals surface area contributed by atoms with Crippen LogP contribution in [0, 0.1) is 6.92 Å². The molecule has 4 nitrogen and oxygen atoms in total. The van der Waals surface area contributed by atoms with Crippen LogP contribution in [0.4, 0.5) is 0 Å². The molecule has 0 saturated heterocycles. The van der Waals surface area contributed by atoms with Gasteiger partial charge in [0.2, 0.25) is 0 Å². The van der Waals surface area contributed by atoms with Crippen molar-refractivity contribution in [1.29, 1.82) is 0 Å². The first-order valence-corrected chi connectivity index (χ1v) is 10.6. The Balaban J connectivity index is 1.50. The van der Waals surface area contributed by atoms with Crippen LogP contribution >= 0.6 is 23.1 Å². The Hall–Kier alpha value is -1.66. The van der Waals surface area contributed by atoms with Gasteiger partial charge in [-0.3, -0.25) is 0 Å². The second-order valence-corrected chi connectivity index (χ2v) is 8.63. The first-order valence-electron chi connectivity index (χ1n) is 8.71. The lowest BCUT2D eigenvalue weighted by atomic mass is 10.1. The van der Waals surface area contributed by atoms with Crippen LogP contribution in [0.25, 0.3) is 10.6 Å². The number of aryl methyl sites for hydroxylation is 1. The van der Waals surface area contributed by atoms with E-state index in [1.54, 1.807) is 23.1 Å². The van der Waals surface area contributed by atoms with Gasteiger partial charge in [-0.25, -0.2) is 4.98 Å². The highest BCUT2D eigenvalue weighted by molar-refractivity contribution is 7.98. The van der Waals surface area contributed by atoms with Crippen molar-refractivity contribution in [3.63, 3.8) is 0 Å². The van der Waals surface area contributed by atoms with E-state index in [0.29, 0.717) is 12.0 Å². The SMILES string of the molecule is Cc1ccccc1-c1nc(CSc2nnc(C3CC3)n2C(C)C)cs1. The number of benzene rings is 1. The Bertz CT molecular complexity index is 877. The third-order valence-corrected chi connectivity index (χ3v) is 6.33. The zero-order valence-corrected chi connectivity index (χ0v) is 16.4. The van der Waals surface area contributed by atoms with Crippen molar-refractivity contribution in [3.05, 3.63) is 46.7 Å². The van der Waals surface area contributed by atoms with E-state index in [0.717, 1.165) is 27.4 Å². The summed E-state index contributed by atoms with van der Waals surface area (Å²) in [5, 5.41) is 13.2. The van der Waals surface area contributed by atoms with Gasteiger partial charge in [-0.05, 0) is 39.2 Å². The summed E-state index contributed by atoms with van der Waals surface area (Å²) in [6.45, 7) is 6.55. The Labute approximate surface area is 156 Å². The smallest absolute Gasteiger partial charge is 0.191 e. The molecular formula is C19H22N4S2. The van der Waals surface area contributed by atoms with E-state index in [4.69, 9.17) is 4.98 Å². The highest BCUT2D eigenvalue weighted by Crippen LogP contribution is 2.41. The van der Waals surface area contributed by atoms with E-state index in [-0.39, 0.29) is 0 Å². The highest BCUT2D eigenvalue weighted by Gasteiger charge is 2.31. The number of aromatic nitrogens is 4. The van der Waals surface area contributed by atoms with Gasteiger partial charge in [-0.2, -0.15) is 0 Å². The van der Waals surface area contributed by atoms with E-state index in [2.05, 4.69) is 65.2 Å². The van der Waals surface area contributed by atoms with Crippen molar-refractivity contribution >= 4 is 23.1 Å². The first kappa shape index (κ1) is 16.8. The van der Waals surface area contributed by atoms with Crippen LogP contribution in [0.1, 0.15) is 55.7 Å². The second kappa shape index (κ2) is 6.92. The Morgan fingerprint density at radius 3 is 2.76 bits per heavy atom. The fourth-order valence-electron chi connectivity index (χ4n) is 2.94. The van der Waals surface area contributed by atoms with Gasteiger partial charge in [-0.1, -0.05) is 36.0 Å². The third kappa shape index (κ3) is 3.51. The van der Waals surface area contributed by atoms with Crippen molar-refractivity contribution in [2.24, 2.45) is 0 Å². The Kier molecular flexibility index (Phi) is 4.65. The minimum atomic E-state index is 0.395. The van der Waals surface area contributed by atoms with Crippen molar-refractivity contribution in [1.82, 2.24) is 19.7 Å². The molecule has 2 heterocycles. The zero-order valence-electron chi connectivity index (χ0n) is 14.8.